The minimum absolute atomic E-state index is 0.0616. The van der Waals surface area contributed by atoms with Crippen LogP contribution in [0.1, 0.15) is 57.2 Å². The second kappa shape index (κ2) is 12.5. The largest absolute Gasteiger partial charge is 0.465 e. The number of aliphatic hydroxyl groups is 1. The summed E-state index contributed by atoms with van der Waals surface area (Å²) in [6.45, 7) is 6.39. The molecular formula is C35H40N8O5. The number of piperidine rings is 1. The number of carboxylic acid groups (broad SMARTS) is 1. The van der Waals surface area contributed by atoms with E-state index in [1.165, 1.54) is 9.80 Å². The van der Waals surface area contributed by atoms with Gasteiger partial charge in [0.25, 0.3) is 0 Å². The van der Waals surface area contributed by atoms with Crippen LogP contribution in [-0.2, 0) is 11.3 Å². The number of aromatic nitrogens is 5. The Labute approximate surface area is 277 Å². The molecule has 3 N–H and O–H groups in total. The normalized spacial score (nSPS) is 18.3. The molecule has 13 heteroatoms. The highest BCUT2D eigenvalue weighted by Gasteiger charge is 2.33. The molecule has 4 aromatic heterocycles. The monoisotopic (exact) mass is 652 g/mol. The molecule has 1 aliphatic heterocycles. The van der Waals surface area contributed by atoms with Gasteiger partial charge in [0, 0.05) is 43.0 Å². The van der Waals surface area contributed by atoms with E-state index in [-0.39, 0.29) is 19.0 Å². The number of imidazole rings is 1. The predicted octanol–water partition coefficient (Wildman–Crippen LogP) is 5.64. The van der Waals surface area contributed by atoms with Gasteiger partial charge in [-0.3, -0.25) is 4.90 Å². The summed E-state index contributed by atoms with van der Waals surface area (Å²) in [6.07, 6.45) is 5.91. The van der Waals surface area contributed by atoms with Gasteiger partial charge in [0.15, 0.2) is 5.65 Å². The van der Waals surface area contributed by atoms with Gasteiger partial charge in [-0.1, -0.05) is 30.3 Å². The van der Waals surface area contributed by atoms with E-state index < -0.39 is 23.9 Å². The topological polar surface area (TPSA) is 150 Å². The number of nitrogens with zero attached hydrogens (tertiary/aromatic N) is 7. The third-order valence-electron chi connectivity index (χ3n) is 8.86. The van der Waals surface area contributed by atoms with Gasteiger partial charge in [0.1, 0.15) is 22.9 Å². The van der Waals surface area contributed by atoms with Crippen LogP contribution in [0.4, 0.5) is 21.2 Å². The lowest BCUT2D eigenvalue weighted by Gasteiger charge is -2.34. The molecule has 5 aromatic rings. The van der Waals surface area contributed by atoms with Crippen LogP contribution < -0.4 is 10.2 Å². The van der Waals surface area contributed by atoms with E-state index in [4.69, 9.17) is 14.7 Å². The quantitative estimate of drug-likeness (QED) is 0.194. The molecule has 250 valence electrons. The number of carbonyl (C=O) groups is 2. The first-order valence-electron chi connectivity index (χ1n) is 16.3. The fourth-order valence-electron chi connectivity index (χ4n) is 6.20. The summed E-state index contributed by atoms with van der Waals surface area (Å²) < 4.78 is 9.54. The third kappa shape index (κ3) is 6.63. The zero-order valence-corrected chi connectivity index (χ0v) is 27.3. The molecule has 2 fully saturated rings. The Morgan fingerprint density at radius 2 is 1.85 bits per heavy atom. The maximum absolute atomic E-state index is 14.0. The Morgan fingerprint density at radius 3 is 2.56 bits per heavy atom. The van der Waals surface area contributed by atoms with Crippen molar-refractivity contribution in [3.63, 3.8) is 0 Å². The number of hydrogen-bond acceptors (Lipinski definition) is 8. The Kier molecular flexibility index (Phi) is 8.15. The first kappa shape index (κ1) is 31.4. The van der Waals surface area contributed by atoms with Crippen LogP contribution in [0.25, 0.3) is 22.4 Å². The smallest absolute Gasteiger partial charge is 0.416 e. The van der Waals surface area contributed by atoms with E-state index >= 15 is 0 Å². The number of likely N-dealkylation sites (tertiary alicyclic amines) is 1. The molecule has 1 saturated heterocycles. The summed E-state index contributed by atoms with van der Waals surface area (Å²) >= 11 is 0. The summed E-state index contributed by atoms with van der Waals surface area (Å²) in [7, 11) is 0. The van der Waals surface area contributed by atoms with Crippen molar-refractivity contribution in [2.75, 3.05) is 29.9 Å². The van der Waals surface area contributed by atoms with E-state index in [2.05, 4.69) is 22.5 Å². The molecule has 0 bridgehead atoms. The van der Waals surface area contributed by atoms with Crippen molar-refractivity contribution in [3.8, 4) is 11.1 Å². The number of β-amino-alcohol motifs (C(OH)–C–C–N with tert-alkyl or cyclic N) is 1. The number of amides is 2. The van der Waals surface area contributed by atoms with Gasteiger partial charge < -0.3 is 29.6 Å². The van der Waals surface area contributed by atoms with Crippen molar-refractivity contribution in [1.82, 2.24) is 28.9 Å². The first-order chi connectivity index (χ1) is 23.0. The fraction of sp³-hybridized carbons (Fsp3) is 0.400. The number of aliphatic hydroxyl groups excluding tert-OH is 1. The van der Waals surface area contributed by atoms with Crippen molar-refractivity contribution in [2.45, 2.75) is 64.2 Å². The highest BCUT2D eigenvalue weighted by molar-refractivity contribution is 5.88. The SMILES string of the molecule is CC(C)(C)OC(=O)N(Cc1cn2ccc(-c3ccccc3)cc2n1)c1cc(NC[C@H]2CCN(C(=O)O)C[C@@H]2O)nc2c(C3CC3)cnn12. The Balaban J connectivity index is 1.23. The van der Waals surface area contributed by atoms with Crippen molar-refractivity contribution < 1.29 is 24.5 Å². The Bertz CT molecular complexity index is 1960. The fourth-order valence-corrected chi connectivity index (χ4v) is 6.20. The number of nitrogens with one attached hydrogen (secondary N) is 1. The molecule has 7 rings (SSSR count). The minimum Gasteiger partial charge on any atom is -0.465 e. The molecule has 13 nitrogen and oxygen atoms in total. The van der Waals surface area contributed by atoms with Gasteiger partial charge in [-0.15, -0.1) is 0 Å². The maximum atomic E-state index is 14.0. The molecular weight excluding hydrogens is 612 g/mol. The number of fused-ring (bicyclic) bond motifs is 2. The van der Waals surface area contributed by atoms with Crippen molar-refractivity contribution in [3.05, 3.63) is 78.4 Å². The van der Waals surface area contributed by atoms with Gasteiger partial charge in [-0.2, -0.15) is 9.61 Å². The molecule has 2 aliphatic rings. The van der Waals surface area contributed by atoms with Crippen molar-refractivity contribution >= 4 is 35.1 Å². The number of benzene rings is 1. The number of pyridine rings is 1. The standard InChI is InChI=1S/C35H40N8O5/c1-35(2,3)48-34(47)42(20-26-19-40-13-11-24(15-30(40)38-26)22-7-5-4-6-8-22)31-16-29(39-32-27(23-9-10-23)18-37-43(31)32)36-17-25-12-14-41(33(45)46)21-28(25)44/h4-8,11,13,15-16,18-19,23,25,28,44H,9-10,12,14,17,20-21H2,1-3H3,(H,36,39)(H,45,46)/t25-,28+/m1/s1. The number of hydrogen-bond donors (Lipinski definition) is 3. The van der Waals surface area contributed by atoms with Crippen molar-refractivity contribution in [2.24, 2.45) is 5.92 Å². The highest BCUT2D eigenvalue weighted by atomic mass is 16.6. The summed E-state index contributed by atoms with van der Waals surface area (Å²) in [4.78, 5) is 37.9. The van der Waals surface area contributed by atoms with E-state index in [0.29, 0.717) is 48.4 Å². The summed E-state index contributed by atoms with van der Waals surface area (Å²) in [5.74, 6) is 1.17. The Morgan fingerprint density at radius 1 is 1.06 bits per heavy atom. The minimum atomic E-state index is -1.03. The first-order valence-corrected chi connectivity index (χ1v) is 16.3. The highest BCUT2D eigenvalue weighted by Crippen LogP contribution is 2.42. The lowest BCUT2D eigenvalue weighted by atomic mass is 9.94. The molecule has 48 heavy (non-hydrogen) atoms. The lowest BCUT2D eigenvalue weighted by Crippen LogP contribution is -2.47. The predicted molar refractivity (Wildman–Crippen MR) is 180 cm³/mol. The maximum Gasteiger partial charge on any atom is 0.416 e. The molecule has 1 aromatic carbocycles. The zero-order chi connectivity index (χ0) is 33.6. The van der Waals surface area contributed by atoms with Crippen molar-refractivity contribution in [1.29, 1.82) is 0 Å². The molecule has 1 saturated carbocycles. The average Bonchev–Trinajstić information content (AvgIpc) is 3.67. The van der Waals surface area contributed by atoms with E-state index in [0.717, 1.165) is 35.2 Å². The van der Waals surface area contributed by atoms with E-state index in [1.807, 2.05) is 74.1 Å². The summed E-state index contributed by atoms with van der Waals surface area (Å²) in [5.41, 5.74) is 4.45. The summed E-state index contributed by atoms with van der Waals surface area (Å²) in [5, 5.41) is 28.1. The molecule has 0 unspecified atom stereocenters. The van der Waals surface area contributed by atoms with Crippen LogP contribution in [0.3, 0.4) is 0 Å². The Hall–Kier alpha value is -5.17. The number of ether oxygens (including phenoxy) is 1. The van der Waals surface area contributed by atoms with E-state index in [1.54, 1.807) is 10.6 Å². The average molecular weight is 653 g/mol. The lowest BCUT2D eigenvalue weighted by molar-refractivity contribution is 0.0294. The molecule has 0 radical (unpaired) electrons. The van der Waals surface area contributed by atoms with Crippen LogP contribution in [0.5, 0.6) is 0 Å². The third-order valence-corrected chi connectivity index (χ3v) is 8.86. The van der Waals surface area contributed by atoms with E-state index in [9.17, 15) is 19.8 Å². The zero-order valence-electron chi connectivity index (χ0n) is 27.3. The van der Waals surface area contributed by atoms with Gasteiger partial charge in [0.2, 0.25) is 0 Å². The number of carbonyl (C=O) groups excluding carboxylic acids is 1. The molecule has 1 aliphatic carbocycles. The van der Waals surface area contributed by atoms with Gasteiger partial charge in [0.05, 0.1) is 31.1 Å². The molecule has 2 amide bonds. The van der Waals surface area contributed by atoms with Gasteiger partial charge >= 0.3 is 12.2 Å². The van der Waals surface area contributed by atoms with Crippen LogP contribution in [-0.4, -0.2) is 82.6 Å². The van der Waals surface area contributed by atoms with Crippen LogP contribution in [0.15, 0.2) is 67.1 Å². The van der Waals surface area contributed by atoms with Crippen LogP contribution in [0.2, 0.25) is 0 Å². The molecule has 0 spiro atoms. The second-order valence-electron chi connectivity index (χ2n) is 13.7. The molecule has 2 atom stereocenters. The van der Waals surface area contributed by atoms with Gasteiger partial charge in [-0.05, 0) is 69.2 Å². The molecule has 5 heterocycles. The van der Waals surface area contributed by atoms with Gasteiger partial charge in [-0.25, -0.2) is 19.6 Å². The van der Waals surface area contributed by atoms with Crippen LogP contribution >= 0.6 is 0 Å². The number of rotatable bonds is 8. The number of anilines is 2. The summed E-state index contributed by atoms with van der Waals surface area (Å²) in [6, 6.07) is 15.9. The van der Waals surface area contributed by atoms with Crippen LogP contribution in [0, 0.1) is 5.92 Å². The second-order valence-corrected chi connectivity index (χ2v) is 13.7.